The molecule has 1 fully saturated rings. The van der Waals surface area contributed by atoms with Crippen molar-refractivity contribution >= 4 is 0 Å². The molecule has 2 heteroatoms. The molecule has 2 unspecified atom stereocenters. The Bertz CT molecular complexity index is 220. The van der Waals surface area contributed by atoms with Gasteiger partial charge in [-0.3, -0.25) is 0 Å². The second-order valence-corrected chi connectivity index (χ2v) is 7.36. The van der Waals surface area contributed by atoms with Crippen LogP contribution in [0.4, 0.5) is 0 Å². The lowest BCUT2D eigenvalue weighted by Gasteiger charge is -2.26. The number of rotatable bonds is 5. The lowest BCUT2D eigenvalue weighted by atomic mass is 9.87. The number of hydrogen-bond acceptors (Lipinski definition) is 2. The van der Waals surface area contributed by atoms with Crippen LogP contribution >= 0.6 is 0 Å². The van der Waals surface area contributed by atoms with Crippen LogP contribution in [0.5, 0.6) is 0 Å². The molecule has 0 spiro atoms. The largest absolute Gasteiger partial charge is 0.328 e. The standard InChI is InChI=1S/C16H34N2/c1-5-14-7-6-10-18(11-8-14)12-9-15(17)13-16(2,3)4/h14-15H,5-13,17H2,1-4H3. The summed E-state index contributed by atoms with van der Waals surface area (Å²) in [4.78, 5) is 2.64. The van der Waals surface area contributed by atoms with Gasteiger partial charge in [0, 0.05) is 6.04 Å². The van der Waals surface area contributed by atoms with Gasteiger partial charge in [-0.25, -0.2) is 0 Å². The number of nitrogens with zero attached hydrogens (tertiary/aromatic N) is 1. The number of likely N-dealkylation sites (tertiary alicyclic amines) is 1. The van der Waals surface area contributed by atoms with Gasteiger partial charge in [-0.15, -0.1) is 0 Å². The minimum atomic E-state index is 0.367. The Labute approximate surface area is 114 Å². The van der Waals surface area contributed by atoms with Crippen LogP contribution in [0.1, 0.15) is 66.2 Å². The molecule has 0 saturated carbocycles. The van der Waals surface area contributed by atoms with Gasteiger partial charge in [0.1, 0.15) is 0 Å². The lowest BCUT2D eigenvalue weighted by Crippen LogP contribution is -2.33. The Kier molecular flexibility index (Phi) is 6.65. The van der Waals surface area contributed by atoms with Gasteiger partial charge in [-0.2, -0.15) is 0 Å². The van der Waals surface area contributed by atoms with Crippen molar-refractivity contribution < 1.29 is 0 Å². The zero-order chi connectivity index (χ0) is 13.6. The fourth-order valence-corrected chi connectivity index (χ4v) is 3.09. The summed E-state index contributed by atoms with van der Waals surface area (Å²) in [5.41, 5.74) is 6.61. The van der Waals surface area contributed by atoms with E-state index in [9.17, 15) is 0 Å². The van der Waals surface area contributed by atoms with Crippen molar-refractivity contribution in [2.45, 2.75) is 72.3 Å². The minimum Gasteiger partial charge on any atom is -0.328 e. The SMILES string of the molecule is CCC1CCCN(CCC(N)CC(C)(C)C)CC1. The van der Waals surface area contributed by atoms with Crippen molar-refractivity contribution in [3.05, 3.63) is 0 Å². The van der Waals surface area contributed by atoms with E-state index in [2.05, 4.69) is 32.6 Å². The second kappa shape index (κ2) is 7.49. The maximum Gasteiger partial charge on any atom is 0.00559 e. The minimum absolute atomic E-state index is 0.367. The van der Waals surface area contributed by atoms with E-state index in [0.717, 1.165) is 18.8 Å². The third-order valence-corrected chi connectivity index (χ3v) is 4.21. The fourth-order valence-electron chi connectivity index (χ4n) is 3.09. The van der Waals surface area contributed by atoms with Crippen molar-refractivity contribution in [3.8, 4) is 0 Å². The van der Waals surface area contributed by atoms with Crippen LogP contribution < -0.4 is 5.73 Å². The van der Waals surface area contributed by atoms with Gasteiger partial charge in [0.25, 0.3) is 0 Å². The Hall–Kier alpha value is -0.0800. The van der Waals surface area contributed by atoms with Crippen LogP contribution in [0.15, 0.2) is 0 Å². The predicted molar refractivity (Wildman–Crippen MR) is 80.7 cm³/mol. The molecule has 1 aliphatic heterocycles. The molecule has 0 radical (unpaired) electrons. The van der Waals surface area contributed by atoms with Crippen molar-refractivity contribution in [2.75, 3.05) is 19.6 Å². The normalized spacial score (nSPS) is 24.8. The maximum atomic E-state index is 6.24. The molecule has 18 heavy (non-hydrogen) atoms. The Morgan fingerprint density at radius 1 is 1.22 bits per heavy atom. The highest BCUT2D eigenvalue weighted by Crippen LogP contribution is 2.23. The van der Waals surface area contributed by atoms with Crippen LogP contribution in [0.2, 0.25) is 0 Å². The number of hydrogen-bond donors (Lipinski definition) is 1. The summed E-state index contributed by atoms with van der Waals surface area (Å²) < 4.78 is 0. The van der Waals surface area contributed by atoms with Crippen LogP contribution in [0, 0.1) is 11.3 Å². The van der Waals surface area contributed by atoms with Gasteiger partial charge >= 0.3 is 0 Å². The van der Waals surface area contributed by atoms with Gasteiger partial charge < -0.3 is 10.6 Å². The molecule has 0 bridgehead atoms. The average molecular weight is 254 g/mol. The predicted octanol–water partition coefficient (Wildman–Crippen LogP) is 3.65. The van der Waals surface area contributed by atoms with E-state index in [0.29, 0.717) is 11.5 Å². The first kappa shape index (κ1) is 16.0. The third kappa shape index (κ3) is 6.75. The summed E-state index contributed by atoms with van der Waals surface area (Å²) in [6.45, 7) is 13.0. The zero-order valence-corrected chi connectivity index (χ0v) is 13.0. The molecule has 2 nitrogen and oxygen atoms in total. The average Bonchev–Trinajstić information content (AvgIpc) is 2.49. The molecule has 1 aliphatic rings. The molecule has 1 rings (SSSR count). The van der Waals surface area contributed by atoms with Crippen molar-refractivity contribution in [3.63, 3.8) is 0 Å². The summed E-state index contributed by atoms with van der Waals surface area (Å²) in [7, 11) is 0. The molecule has 1 saturated heterocycles. The fraction of sp³-hybridized carbons (Fsp3) is 1.00. The van der Waals surface area contributed by atoms with Crippen molar-refractivity contribution in [1.29, 1.82) is 0 Å². The Morgan fingerprint density at radius 2 is 1.94 bits per heavy atom. The van der Waals surface area contributed by atoms with Gasteiger partial charge in [0.15, 0.2) is 0 Å². The maximum absolute atomic E-state index is 6.24. The summed E-state index contributed by atoms with van der Waals surface area (Å²) in [6.07, 6.45) is 7.86. The molecule has 0 aromatic heterocycles. The monoisotopic (exact) mass is 254 g/mol. The van der Waals surface area contributed by atoms with Gasteiger partial charge in [-0.05, 0) is 63.1 Å². The summed E-state index contributed by atoms with van der Waals surface area (Å²) in [5, 5.41) is 0. The molecular formula is C16H34N2. The Morgan fingerprint density at radius 3 is 2.56 bits per heavy atom. The van der Waals surface area contributed by atoms with E-state index < -0.39 is 0 Å². The molecule has 0 amide bonds. The molecular weight excluding hydrogens is 220 g/mol. The molecule has 0 aromatic rings. The van der Waals surface area contributed by atoms with Gasteiger partial charge in [0.05, 0.1) is 0 Å². The topological polar surface area (TPSA) is 29.3 Å². The van der Waals surface area contributed by atoms with E-state index in [-0.39, 0.29) is 0 Å². The first-order valence-corrected chi connectivity index (χ1v) is 7.88. The molecule has 1 heterocycles. The van der Waals surface area contributed by atoms with Gasteiger partial charge in [-0.1, -0.05) is 34.1 Å². The smallest absolute Gasteiger partial charge is 0.00559 e. The second-order valence-electron chi connectivity index (χ2n) is 7.36. The molecule has 108 valence electrons. The van der Waals surface area contributed by atoms with E-state index in [1.165, 1.54) is 45.3 Å². The Balaban J connectivity index is 2.22. The molecule has 2 atom stereocenters. The summed E-state index contributed by atoms with van der Waals surface area (Å²) >= 11 is 0. The van der Waals surface area contributed by atoms with Crippen molar-refractivity contribution in [1.82, 2.24) is 4.90 Å². The van der Waals surface area contributed by atoms with Crippen LogP contribution in [-0.2, 0) is 0 Å². The van der Waals surface area contributed by atoms with E-state index in [4.69, 9.17) is 5.73 Å². The molecule has 0 aromatic carbocycles. The highest BCUT2D eigenvalue weighted by atomic mass is 15.1. The summed E-state index contributed by atoms with van der Waals surface area (Å²) in [5.74, 6) is 0.971. The highest BCUT2D eigenvalue weighted by Gasteiger charge is 2.18. The first-order chi connectivity index (χ1) is 8.40. The van der Waals surface area contributed by atoms with E-state index in [1.807, 2.05) is 0 Å². The van der Waals surface area contributed by atoms with Crippen LogP contribution in [0.25, 0.3) is 0 Å². The van der Waals surface area contributed by atoms with E-state index in [1.54, 1.807) is 0 Å². The van der Waals surface area contributed by atoms with Crippen LogP contribution in [0.3, 0.4) is 0 Å². The molecule has 0 aliphatic carbocycles. The van der Waals surface area contributed by atoms with Crippen LogP contribution in [-0.4, -0.2) is 30.6 Å². The van der Waals surface area contributed by atoms with Crippen molar-refractivity contribution in [2.24, 2.45) is 17.1 Å². The zero-order valence-electron chi connectivity index (χ0n) is 13.0. The highest BCUT2D eigenvalue weighted by molar-refractivity contribution is 4.75. The number of nitrogens with two attached hydrogens (primary N) is 1. The third-order valence-electron chi connectivity index (χ3n) is 4.21. The summed E-state index contributed by atoms with van der Waals surface area (Å²) in [6, 6.07) is 0.371. The van der Waals surface area contributed by atoms with E-state index >= 15 is 0 Å². The molecule has 2 N–H and O–H groups in total. The quantitative estimate of drug-likeness (QED) is 0.811. The lowest BCUT2D eigenvalue weighted by molar-refractivity contribution is 0.251. The van der Waals surface area contributed by atoms with Gasteiger partial charge in [0.2, 0.25) is 0 Å². The first-order valence-electron chi connectivity index (χ1n) is 7.88.